The molecule has 2 heteroatoms. The van der Waals surface area contributed by atoms with Crippen LogP contribution in [0, 0.1) is 11.8 Å². The Kier molecular flexibility index (Phi) is 4.90. The number of ether oxygens (including phenoxy) is 1. The van der Waals surface area contributed by atoms with Crippen molar-refractivity contribution >= 4 is 0 Å². The van der Waals surface area contributed by atoms with Gasteiger partial charge in [0.2, 0.25) is 0 Å². The Balaban J connectivity index is 2.41. The molecule has 1 N–H and O–H groups in total. The maximum Gasteiger partial charge on any atom is 0.0579 e. The highest BCUT2D eigenvalue weighted by molar-refractivity contribution is 4.78. The highest BCUT2D eigenvalue weighted by atomic mass is 16.5. The Bertz CT molecular complexity index is 152. The number of rotatable bonds is 5. The van der Waals surface area contributed by atoms with E-state index < -0.39 is 0 Å². The topological polar surface area (TPSA) is 21.3 Å². The summed E-state index contributed by atoms with van der Waals surface area (Å²) in [7, 11) is 2.05. The zero-order chi connectivity index (χ0) is 10.6. The van der Waals surface area contributed by atoms with E-state index in [9.17, 15) is 0 Å². The summed E-state index contributed by atoms with van der Waals surface area (Å²) >= 11 is 0. The van der Waals surface area contributed by atoms with Crippen LogP contribution in [-0.4, -0.2) is 25.8 Å². The van der Waals surface area contributed by atoms with Crippen LogP contribution in [0.5, 0.6) is 0 Å². The van der Waals surface area contributed by atoms with E-state index in [2.05, 4.69) is 33.1 Å². The SMILES string of the molecule is CNC(C)C(CC1CCCO1)C(C)C. The fourth-order valence-electron chi connectivity index (χ4n) is 2.40. The van der Waals surface area contributed by atoms with E-state index in [1.165, 1.54) is 19.3 Å². The molecule has 3 unspecified atom stereocenters. The second-order valence-corrected chi connectivity index (χ2v) is 4.86. The summed E-state index contributed by atoms with van der Waals surface area (Å²) in [5, 5.41) is 3.36. The molecule has 0 saturated carbocycles. The third-order valence-electron chi connectivity index (χ3n) is 3.51. The van der Waals surface area contributed by atoms with E-state index in [4.69, 9.17) is 4.74 Å². The van der Waals surface area contributed by atoms with Gasteiger partial charge in [-0.3, -0.25) is 0 Å². The lowest BCUT2D eigenvalue weighted by Crippen LogP contribution is -2.35. The first kappa shape index (κ1) is 12.0. The van der Waals surface area contributed by atoms with Gasteiger partial charge in [0.15, 0.2) is 0 Å². The number of hydrogen-bond donors (Lipinski definition) is 1. The van der Waals surface area contributed by atoms with Gasteiger partial charge in [0.05, 0.1) is 6.10 Å². The third-order valence-corrected chi connectivity index (χ3v) is 3.51. The van der Waals surface area contributed by atoms with Crippen LogP contribution in [0.15, 0.2) is 0 Å². The molecule has 14 heavy (non-hydrogen) atoms. The summed E-state index contributed by atoms with van der Waals surface area (Å²) in [6.45, 7) is 7.88. The van der Waals surface area contributed by atoms with Crippen LogP contribution in [0.2, 0.25) is 0 Å². The van der Waals surface area contributed by atoms with Gasteiger partial charge in [-0.25, -0.2) is 0 Å². The fourth-order valence-corrected chi connectivity index (χ4v) is 2.40. The van der Waals surface area contributed by atoms with Crippen molar-refractivity contribution < 1.29 is 4.74 Å². The molecule has 0 aromatic carbocycles. The lowest BCUT2D eigenvalue weighted by Gasteiger charge is -2.29. The molecule has 0 aromatic heterocycles. The summed E-state index contributed by atoms with van der Waals surface area (Å²) in [5.41, 5.74) is 0. The minimum atomic E-state index is 0.526. The van der Waals surface area contributed by atoms with Crippen LogP contribution in [0.4, 0.5) is 0 Å². The lowest BCUT2D eigenvalue weighted by molar-refractivity contribution is 0.0750. The molecule has 84 valence electrons. The van der Waals surface area contributed by atoms with Crippen LogP contribution < -0.4 is 5.32 Å². The molecule has 3 atom stereocenters. The molecule has 0 spiro atoms. The zero-order valence-electron chi connectivity index (χ0n) is 10.0. The van der Waals surface area contributed by atoms with E-state index in [0.717, 1.165) is 18.4 Å². The Morgan fingerprint density at radius 2 is 2.07 bits per heavy atom. The molecule has 0 amide bonds. The molecule has 1 saturated heterocycles. The van der Waals surface area contributed by atoms with E-state index in [1.54, 1.807) is 0 Å². The molecular weight excluding hydrogens is 174 g/mol. The molecule has 0 aliphatic carbocycles. The van der Waals surface area contributed by atoms with Gasteiger partial charge in [-0.2, -0.15) is 0 Å². The molecule has 1 rings (SSSR count). The van der Waals surface area contributed by atoms with Crippen molar-refractivity contribution in [2.45, 2.75) is 52.2 Å². The molecular formula is C12H25NO. The van der Waals surface area contributed by atoms with Gasteiger partial charge in [-0.05, 0) is 45.1 Å². The van der Waals surface area contributed by atoms with E-state index >= 15 is 0 Å². The monoisotopic (exact) mass is 199 g/mol. The van der Waals surface area contributed by atoms with E-state index in [1.807, 2.05) is 0 Å². The molecule has 2 nitrogen and oxygen atoms in total. The van der Waals surface area contributed by atoms with Gasteiger partial charge < -0.3 is 10.1 Å². The molecule has 1 heterocycles. The Morgan fingerprint density at radius 1 is 1.36 bits per heavy atom. The quantitative estimate of drug-likeness (QED) is 0.734. The van der Waals surface area contributed by atoms with Gasteiger partial charge in [0.1, 0.15) is 0 Å². The molecule has 1 fully saturated rings. The maximum atomic E-state index is 5.70. The molecule has 1 aliphatic heterocycles. The van der Waals surface area contributed by atoms with Crippen LogP contribution in [0.25, 0.3) is 0 Å². The highest BCUT2D eigenvalue weighted by Gasteiger charge is 2.26. The van der Waals surface area contributed by atoms with Gasteiger partial charge in [0, 0.05) is 12.6 Å². The summed E-state index contributed by atoms with van der Waals surface area (Å²) in [6.07, 6.45) is 4.26. The van der Waals surface area contributed by atoms with Crippen LogP contribution in [-0.2, 0) is 4.74 Å². The van der Waals surface area contributed by atoms with Crippen LogP contribution in [0.1, 0.15) is 40.0 Å². The lowest BCUT2D eigenvalue weighted by atomic mass is 9.84. The van der Waals surface area contributed by atoms with Crippen molar-refractivity contribution in [2.24, 2.45) is 11.8 Å². The minimum Gasteiger partial charge on any atom is -0.378 e. The standard InChI is InChI=1S/C12H25NO/c1-9(2)12(10(3)13-4)8-11-6-5-7-14-11/h9-13H,5-8H2,1-4H3. The molecule has 0 bridgehead atoms. The predicted molar refractivity (Wildman–Crippen MR) is 60.4 cm³/mol. The predicted octanol–water partition coefficient (Wildman–Crippen LogP) is 2.44. The number of nitrogens with one attached hydrogen (secondary N) is 1. The molecule has 0 radical (unpaired) electrons. The average molecular weight is 199 g/mol. The summed E-state index contributed by atoms with van der Waals surface area (Å²) in [6, 6.07) is 0.596. The van der Waals surface area contributed by atoms with Gasteiger partial charge in [0.25, 0.3) is 0 Å². The first-order chi connectivity index (χ1) is 6.65. The van der Waals surface area contributed by atoms with Crippen molar-refractivity contribution in [2.75, 3.05) is 13.7 Å². The Hall–Kier alpha value is -0.0800. The first-order valence-corrected chi connectivity index (χ1v) is 5.94. The van der Waals surface area contributed by atoms with Crippen molar-refractivity contribution in [1.82, 2.24) is 5.32 Å². The second kappa shape index (κ2) is 5.72. The summed E-state index contributed by atoms with van der Waals surface area (Å²) in [4.78, 5) is 0. The Morgan fingerprint density at radius 3 is 2.50 bits per heavy atom. The third kappa shape index (κ3) is 3.25. The zero-order valence-corrected chi connectivity index (χ0v) is 10.0. The average Bonchev–Trinajstić information content (AvgIpc) is 2.65. The van der Waals surface area contributed by atoms with E-state index in [-0.39, 0.29) is 0 Å². The molecule has 0 aromatic rings. The minimum absolute atomic E-state index is 0.526. The second-order valence-electron chi connectivity index (χ2n) is 4.86. The van der Waals surface area contributed by atoms with Crippen molar-refractivity contribution in [3.05, 3.63) is 0 Å². The van der Waals surface area contributed by atoms with E-state index in [0.29, 0.717) is 12.1 Å². The summed E-state index contributed by atoms with van der Waals surface area (Å²) < 4.78 is 5.70. The largest absolute Gasteiger partial charge is 0.378 e. The molecule has 1 aliphatic rings. The smallest absolute Gasteiger partial charge is 0.0579 e. The van der Waals surface area contributed by atoms with Crippen molar-refractivity contribution in [1.29, 1.82) is 0 Å². The summed E-state index contributed by atoms with van der Waals surface area (Å²) in [5.74, 6) is 1.48. The van der Waals surface area contributed by atoms with Gasteiger partial charge in [-0.1, -0.05) is 13.8 Å². The maximum absolute atomic E-state index is 5.70. The Labute approximate surface area is 88.4 Å². The first-order valence-electron chi connectivity index (χ1n) is 5.94. The normalized spacial score (nSPS) is 26.8. The van der Waals surface area contributed by atoms with Gasteiger partial charge >= 0.3 is 0 Å². The van der Waals surface area contributed by atoms with Crippen molar-refractivity contribution in [3.63, 3.8) is 0 Å². The van der Waals surface area contributed by atoms with Crippen molar-refractivity contribution in [3.8, 4) is 0 Å². The van der Waals surface area contributed by atoms with Gasteiger partial charge in [-0.15, -0.1) is 0 Å². The fraction of sp³-hybridized carbons (Fsp3) is 1.00. The van der Waals surface area contributed by atoms with Crippen LogP contribution in [0.3, 0.4) is 0 Å². The highest BCUT2D eigenvalue weighted by Crippen LogP contribution is 2.26. The number of hydrogen-bond acceptors (Lipinski definition) is 2. The van der Waals surface area contributed by atoms with Crippen LogP contribution >= 0.6 is 0 Å².